The average Bonchev–Trinajstić information content (AvgIpc) is 0.930. The molecule has 0 saturated carbocycles. The molecule has 8 amide bonds. The number of amides is 8. The van der Waals surface area contributed by atoms with E-state index in [1.165, 1.54) is 30.7 Å². The van der Waals surface area contributed by atoms with E-state index in [9.17, 15) is 53.4 Å². The van der Waals surface area contributed by atoms with Crippen LogP contribution in [-0.2, 0) is 64.2 Å². The van der Waals surface area contributed by atoms with Crippen LogP contribution < -0.4 is 67.6 Å². The highest BCUT2D eigenvalue weighted by Gasteiger charge is 2.43. The van der Waals surface area contributed by atoms with E-state index in [0.717, 1.165) is 43.5 Å². The highest BCUT2D eigenvalue weighted by Crippen LogP contribution is 2.49. The van der Waals surface area contributed by atoms with E-state index in [0.29, 0.717) is 66.0 Å². The van der Waals surface area contributed by atoms with Gasteiger partial charge in [0.1, 0.15) is 24.7 Å². The molecule has 7 unspecified atom stereocenters. The first-order valence-corrected chi connectivity index (χ1v) is 33.1. The summed E-state index contributed by atoms with van der Waals surface area (Å²) in [5.41, 5.74) is 17.2. The van der Waals surface area contributed by atoms with E-state index < -0.39 is 116 Å². The summed E-state index contributed by atoms with van der Waals surface area (Å²) >= 11 is 0. The van der Waals surface area contributed by atoms with Crippen LogP contribution in [-0.4, -0.2) is 194 Å². The maximum Gasteiger partial charge on any atom is 0.410 e. The Morgan fingerprint density at radius 3 is 1.82 bits per heavy atom. The molecule has 0 aliphatic carbocycles. The van der Waals surface area contributed by atoms with Gasteiger partial charge in [-0.25, -0.2) is 14.6 Å². The number of piperidine rings is 1. The fraction of sp³-hybridized carbons (Fsp3) is 0.559. The van der Waals surface area contributed by atoms with Crippen molar-refractivity contribution in [3.63, 3.8) is 0 Å². The first-order chi connectivity index (χ1) is 46.6. The van der Waals surface area contributed by atoms with Crippen molar-refractivity contribution in [1.82, 2.24) is 51.7 Å². The molecule has 14 N–H and O–H groups in total. The molecule has 97 heavy (non-hydrogen) atoms. The minimum atomic E-state index is -1.70. The van der Waals surface area contributed by atoms with Crippen molar-refractivity contribution in [2.75, 3.05) is 80.2 Å². The summed E-state index contributed by atoms with van der Waals surface area (Å²) in [6, 6.07) is 4.82. The zero-order valence-corrected chi connectivity index (χ0v) is 56.7. The number of ketones is 2. The summed E-state index contributed by atoms with van der Waals surface area (Å²) in [5.74, 6) is -3.94. The molecule has 7 rings (SSSR count). The molecule has 29 nitrogen and oxygen atoms in total. The number of methoxy groups -OCH3 is 4. The maximum atomic E-state index is 14.5. The summed E-state index contributed by atoms with van der Waals surface area (Å²) in [4.78, 5) is 134. The number of aromatic nitrogens is 2. The van der Waals surface area contributed by atoms with Crippen molar-refractivity contribution < 1.29 is 77.0 Å². The number of nitrogens with zero attached hydrogens (tertiary/aromatic N) is 3. The molecule has 3 aliphatic heterocycles. The number of aliphatic hydroxyl groups is 2. The van der Waals surface area contributed by atoms with Crippen molar-refractivity contribution in [2.24, 2.45) is 29.2 Å². The van der Waals surface area contributed by atoms with Gasteiger partial charge < -0.3 is 92.5 Å². The van der Waals surface area contributed by atoms with Crippen LogP contribution >= 0.6 is 0 Å². The van der Waals surface area contributed by atoms with E-state index in [1.807, 2.05) is 17.0 Å². The predicted molar refractivity (Wildman–Crippen MR) is 357 cm³/mol. The van der Waals surface area contributed by atoms with E-state index in [2.05, 4.69) is 71.1 Å². The number of Topliss-reactive ketones (excluding diaryl/α,β-unsaturated/α-hetero) is 2. The van der Waals surface area contributed by atoms with Gasteiger partial charge in [-0.05, 0) is 153 Å². The number of nitrogens with two attached hydrogens (primary N) is 2. The Labute approximate surface area is 565 Å². The number of carbonyl (C=O) groups is 9. The molecule has 4 heterocycles. The Balaban J connectivity index is 0.991. The maximum absolute atomic E-state index is 14.5. The number of hydrogen-bond donors (Lipinski definition) is 12. The standard InChI is InChI=1S/C68H97N13O16/c1-9-40-33-80-22-19-41-27-56(93-5)58(95-7)30-46(41)54(80)25-43(40)26-55-47-31-59(96-8)57(94-6)28-42(47)20-23-81(55)68(92)97-36-39-13-15-44(16-14-39)74-67(91)79-48(17-18-60(70)84)61(85)62(86)50(24-38(2)3)76-63(87)49(12-10-11-21-69)75-65(89)52(34-82)78-66(90)53(35-83)77-64(88)51(71-4)29-45-32-72-37-73-45/h13-16,27-28,30-32,37-38,40,43,48-55,71,82-83H,9-12,17-26,29,33-36,69H2,1-8H3,(H2,70,84)(H,72,73)(H,75,89)(H,76,87)(H,77,88)(H,78,90)(H2,74,79,91)/t40?,43?,48-,49-,50?,51?,52?,53-,54?,55?/m0/s1. The van der Waals surface area contributed by atoms with E-state index in [1.54, 1.807) is 66.6 Å². The highest BCUT2D eigenvalue weighted by molar-refractivity contribution is 6.41. The zero-order chi connectivity index (χ0) is 70.5. The number of likely N-dealkylation sites (N-methyl/N-ethyl adjacent to an activating group) is 1. The summed E-state index contributed by atoms with van der Waals surface area (Å²) in [6.45, 7) is 6.17. The minimum Gasteiger partial charge on any atom is -0.493 e. The van der Waals surface area contributed by atoms with Gasteiger partial charge in [-0.3, -0.25) is 38.5 Å². The first-order valence-electron chi connectivity index (χ1n) is 33.1. The number of fused-ring (bicyclic) bond motifs is 4. The number of ether oxygens (including phenoxy) is 5. The van der Waals surface area contributed by atoms with Crippen LogP contribution in [0.25, 0.3) is 0 Å². The van der Waals surface area contributed by atoms with Gasteiger partial charge in [0.2, 0.25) is 41.1 Å². The number of aromatic amines is 1. The largest absolute Gasteiger partial charge is 0.493 e. The molecule has 4 aromatic rings. The van der Waals surface area contributed by atoms with Crippen molar-refractivity contribution in [3.8, 4) is 23.0 Å². The molecule has 3 aliphatic rings. The molecule has 1 fully saturated rings. The van der Waals surface area contributed by atoms with Crippen LogP contribution in [0.15, 0.2) is 61.1 Å². The smallest absolute Gasteiger partial charge is 0.410 e. The Bertz CT molecular complexity index is 3350. The Morgan fingerprint density at radius 2 is 1.26 bits per heavy atom. The third-order valence-corrected chi connectivity index (χ3v) is 18.4. The van der Waals surface area contributed by atoms with Crippen molar-refractivity contribution in [2.45, 2.75) is 153 Å². The molecule has 1 aromatic heterocycles. The number of primary amides is 1. The molecule has 10 atom stereocenters. The third-order valence-electron chi connectivity index (χ3n) is 18.4. The lowest BCUT2D eigenvalue weighted by atomic mass is 9.72. The molecule has 1 saturated heterocycles. The van der Waals surface area contributed by atoms with Gasteiger partial charge in [-0.15, -0.1) is 0 Å². The number of nitrogens with one attached hydrogen (secondary N) is 8. The topological polar surface area (TPSA) is 412 Å². The lowest BCUT2D eigenvalue weighted by molar-refractivity contribution is -0.140. The average molecular weight is 1350 g/mol. The fourth-order valence-electron chi connectivity index (χ4n) is 13.1. The summed E-state index contributed by atoms with van der Waals surface area (Å²) in [7, 11) is 8.01. The van der Waals surface area contributed by atoms with Crippen LogP contribution in [0.1, 0.15) is 124 Å². The molecule has 29 heteroatoms. The number of unbranched alkanes of at least 4 members (excludes halogenated alkanes) is 1. The molecular weight excluding hydrogens is 1250 g/mol. The van der Waals surface area contributed by atoms with Crippen LogP contribution in [0.5, 0.6) is 23.0 Å². The molecule has 0 radical (unpaired) electrons. The molecule has 0 spiro atoms. The second-order valence-electron chi connectivity index (χ2n) is 25.2. The Hall–Kier alpha value is -8.90. The molecule has 530 valence electrons. The molecular formula is C68H97N13O16. The minimum absolute atomic E-state index is 0.0458. The number of hydrogen-bond acceptors (Lipinski definition) is 20. The van der Waals surface area contributed by atoms with Gasteiger partial charge in [0.15, 0.2) is 23.0 Å². The van der Waals surface area contributed by atoms with E-state index in [4.69, 9.17) is 35.2 Å². The second kappa shape index (κ2) is 36.4. The molecule has 3 aromatic carbocycles. The quantitative estimate of drug-likeness (QED) is 0.0230. The highest BCUT2D eigenvalue weighted by atomic mass is 16.6. The van der Waals surface area contributed by atoms with Gasteiger partial charge in [0, 0.05) is 56.1 Å². The van der Waals surface area contributed by atoms with Gasteiger partial charge in [-0.1, -0.05) is 39.3 Å². The van der Waals surface area contributed by atoms with Crippen molar-refractivity contribution in [1.29, 1.82) is 0 Å². The zero-order valence-electron chi connectivity index (χ0n) is 56.7. The number of anilines is 1. The SMILES string of the molecule is CCC1CN2CCc3cc(OC)c(OC)cc3C2CC1CC1c2cc(OC)c(OC)cc2CCN1C(=O)OCc1ccc(NC(=O)N[C@@H](CCC(N)=O)C(=O)C(=O)C(CC(C)C)NC(=O)[C@H](CCCCN)NC(=O)C(CO)NC(=O)[C@H](CO)NC(=O)C(Cc2cnc[nH]2)NC)cc1. The van der Waals surface area contributed by atoms with Crippen molar-refractivity contribution in [3.05, 3.63) is 94.6 Å². The van der Waals surface area contributed by atoms with Gasteiger partial charge in [0.05, 0.1) is 72.1 Å². The number of imidazole rings is 1. The van der Waals surface area contributed by atoms with E-state index in [-0.39, 0.29) is 68.4 Å². The number of benzene rings is 3. The number of H-pyrrole nitrogens is 1. The third kappa shape index (κ3) is 20.1. The van der Waals surface area contributed by atoms with Crippen molar-refractivity contribution >= 4 is 58.9 Å². The normalized spacial score (nSPS) is 18.4. The van der Waals surface area contributed by atoms with Crippen LogP contribution in [0.2, 0.25) is 0 Å². The number of urea groups is 1. The second-order valence-corrected chi connectivity index (χ2v) is 25.2. The van der Waals surface area contributed by atoms with Crippen LogP contribution in [0.4, 0.5) is 15.3 Å². The number of aliphatic hydroxyl groups excluding tert-OH is 2. The summed E-state index contributed by atoms with van der Waals surface area (Å²) in [5, 5.41) is 38.1. The Morgan fingerprint density at radius 1 is 0.691 bits per heavy atom. The summed E-state index contributed by atoms with van der Waals surface area (Å²) in [6.07, 6.45) is 6.31. The summed E-state index contributed by atoms with van der Waals surface area (Å²) < 4.78 is 29.1. The van der Waals surface area contributed by atoms with Crippen LogP contribution in [0, 0.1) is 17.8 Å². The number of carbonyl (C=O) groups excluding carboxylic acids is 9. The van der Waals surface area contributed by atoms with Crippen LogP contribution in [0.3, 0.4) is 0 Å². The lowest BCUT2D eigenvalue weighted by Crippen LogP contribution is -2.60. The molecule has 0 bridgehead atoms. The van der Waals surface area contributed by atoms with Gasteiger partial charge in [-0.2, -0.15) is 0 Å². The monoisotopic (exact) mass is 1350 g/mol. The van der Waals surface area contributed by atoms with Gasteiger partial charge in [0.25, 0.3) is 0 Å². The first kappa shape index (κ1) is 75.5. The van der Waals surface area contributed by atoms with E-state index >= 15 is 0 Å². The predicted octanol–water partition coefficient (Wildman–Crippen LogP) is 2.54. The number of rotatable bonds is 36. The fourth-order valence-corrected chi connectivity index (χ4v) is 13.1. The van der Waals surface area contributed by atoms with Gasteiger partial charge >= 0.3 is 12.1 Å². The lowest BCUT2D eigenvalue weighted by Gasteiger charge is -2.49. The Kier molecular flexibility index (Phi) is 28.4.